The predicted molar refractivity (Wildman–Crippen MR) is 52.3 cm³/mol. The van der Waals surface area contributed by atoms with Crippen molar-refractivity contribution in [3.8, 4) is 0 Å². The Labute approximate surface area is 79.8 Å². The number of nitrogens with two attached hydrogens (primary N) is 1. The number of carbonyl (C=O) groups excluding carboxylic acids is 1. The van der Waals surface area contributed by atoms with Gasteiger partial charge in [-0.25, -0.2) is 0 Å². The maximum atomic E-state index is 11.4. The second-order valence-electron chi connectivity index (χ2n) is 3.69. The molecule has 0 saturated carbocycles. The first-order chi connectivity index (χ1) is 6.04. The third-order valence-corrected chi connectivity index (χ3v) is 1.94. The van der Waals surface area contributed by atoms with Gasteiger partial charge in [0, 0.05) is 26.8 Å². The molecular formula is C9H20N2O2. The van der Waals surface area contributed by atoms with E-state index in [4.69, 9.17) is 10.5 Å². The van der Waals surface area contributed by atoms with Gasteiger partial charge < -0.3 is 15.8 Å². The molecule has 78 valence electrons. The lowest BCUT2D eigenvalue weighted by Crippen LogP contribution is -2.42. The Balaban J connectivity index is 3.62. The quantitative estimate of drug-likeness (QED) is 0.582. The molecule has 0 rings (SSSR count). The van der Waals surface area contributed by atoms with Gasteiger partial charge in [-0.1, -0.05) is 0 Å². The van der Waals surface area contributed by atoms with Crippen LogP contribution in [0.25, 0.3) is 0 Å². The number of nitrogens with one attached hydrogen (secondary N) is 1. The molecule has 4 nitrogen and oxygen atoms in total. The van der Waals surface area contributed by atoms with E-state index in [9.17, 15) is 4.79 Å². The van der Waals surface area contributed by atoms with Crippen LogP contribution in [0.5, 0.6) is 0 Å². The van der Waals surface area contributed by atoms with E-state index in [1.807, 2.05) is 13.8 Å². The fraction of sp³-hybridized carbons (Fsp3) is 0.889. The molecule has 0 saturated heterocycles. The molecule has 0 heterocycles. The molecule has 3 N–H and O–H groups in total. The van der Waals surface area contributed by atoms with Gasteiger partial charge in [0.25, 0.3) is 0 Å². The Kier molecular flexibility index (Phi) is 5.66. The molecular weight excluding hydrogens is 168 g/mol. The second kappa shape index (κ2) is 5.94. The van der Waals surface area contributed by atoms with Crippen LogP contribution in [-0.4, -0.2) is 32.7 Å². The monoisotopic (exact) mass is 188 g/mol. The maximum Gasteiger partial charge on any atom is 0.226 e. The van der Waals surface area contributed by atoms with Gasteiger partial charge >= 0.3 is 0 Å². The molecule has 0 aliphatic carbocycles. The molecule has 0 spiro atoms. The Hall–Kier alpha value is -0.610. The minimum absolute atomic E-state index is 0.00565. The molecule has 0 atom stereocenters. The average molecular weight is 188 g/mol. The van der Waals surface area contributed by atoms with Crippen LogP contribution in [0.15, 0.2) is 0 Å². The Morgan fingerprint density at radius 1 is 1.54 bits per heavy atom. The molecule has 0 aliphatic heterocycles. The number of rotatable bonds is 6. The van der Waals surface area contributed by atoms with Crippen LogP contribution in [0.2, 0.25) is 0 Å². The predicted octanol–water partition coefficient (Wildman–Crippen LogP) is 0.124. The summed E-state index contributed by atoms with van der Waals surface area (Å²) in [4.78, 5) is 11.4. The summed E-state index contributed by atoms with van der Waals surface area (Å²) in [5.41, 5.74) is 4.99. The Morgan fingerprint density at radius 3 is 2.62 bits per heavy atom. The molecule has 0 fully saturated rings. The lowest BCUT2D eigenvalue weighted by molar-refractivity contribution is -0.128. The van der Waals surface area contributed by atoms with Crippen LogP contribution in [-0.2, 0) is 9.53 Å². The first-order valence-electron chi connectivity index (χ1n) is 4.52. The summed E-state index contributed by atoms with van der Waals surface area (Å²) < 4.78 is 4.86. The third kappa shape index (κ3) is 4.85. The molecule has 0 radical (unpaired) electrons. The zero-order valence-corrected chi connectivity index (χ0v) is 8.72. The zero-order chi connectivity index (χ0) is 10.3. The number of ether oxygens (including phenoxy) is 1. The second-order valence-corrected chi connectivity index (χ2v) is 3.69. The molecule has 0 aliphatic rings. The van der Waals surface area contributed by atoms with E-state index in [0.29, 0.717) is 19.7 Å². The van der Waals surface area contributed by atoms with E-state index < -0.39 is 5.41 Å². The fourth-order valence-electron chi connectivity index (χ4n) is 0.750. The van der Waals surface area contributed by atoms with Crippen molar-refractivity contribution in [2.45, 2.75) is 20.3 Å². The standard InChI is InChI=1S/C9H20N2O2/c1-9(2,7-10)8(12)11-5-4-6-13-3/h4-7,10H2,1-3H3,(H,11,12). The normalized spacial score (nSPS) is 11.4. The topological polar surface area (TPSA) is 64.3 Å². The maximum absolute atomic E-state index is 11.4. The summed E-state index contributed by atoms with van der Waals surface area (Å²) in [6, 6.07) is 0. The Morgan fingerprint density at radius 2 is 2.15 bits per heavy atom. The molecule has 0 unspecified atom stereocenters. The van der Waals surface area contributed by atoms with Crippen LogP contribution < -0.4 is 11.1 Å². The van der Waals surface area contributed by atoms with Gasteiger partial charge in [0.1, 0.15) is 0 Å². The van der Waals surface area contributed by atoms with Crippen molar-refractivity contribution in [2.24, 2.45) is 11.1 Å². The lowest BCUT2D eigenvalue weighted by atomic mass is 9.93. The van der Waals surface area contributed by atoms with E-state index in [0.717, 1.165) is 6.42 Å². The van der Waals surface area contributed by atoms with E-state index in [2.05, 4.69) is 5.32 Å². The minimum Gasteiger partial charge on any atom is -0.385 e. The average Bonchev–Trinajstić information content (AvgIpc) is 2.12. The SMILES string of the molecule is COCCCNC(=O)C(C)(C)CN. The van der Waals surface area contributed by atoms with E-state index in [-0.39, 0.29) is 5.91 Å². The minimum atomic E-state index is -0.465. The summed E-state index contributed by atoms with van der Waals surface area (Å²) in [6.45, 7) is 5.35. The van der Waals surface area contributed by atoms with Gasteiger partial charge in [0.05, 0.1) is 5.41 Å². The summed E-state index contributed by atoms with van der Waals surface area (Å²) in [5.74, 6) is 0.00565. The largest absolute Gasteiger partial charge is 0.385 e. The van der Waals surface area contributed by atoms with Crippen LogP contribution in [0.3, 0.4) is 0 Å². The first kappa shape index (κ1) is 12.4. The van der Waals surface area contributed by atoms with Crippen molar-refractivity contribution in [1.29, 1.82) is 0 Å². The van der Waals surface area contributed by atoms with Gasteiger partial charge in [-0.15, -0.1) is 0 Å². The first-order valence-corrected chi connectivity index (χ1v) is 4.52. The summed E-state index contributed by atoms with van der Waals surface area (Å²) in [7, 11) is 1.64. The number of carbonyl (C=O) groups is 1. The van der Waals surface area contributed by atoms with Crippen LogP contribution in [0.4, 0.5) is 0 Å². The van der Waals surface area contributed by atoms with Gasteiger partial charge in [-0.3, -0.25) is 4.79 Å². The summed E-state index contributed by atoms with van der Waals surface area (Å²) in [5, 5.41) is 2.81. The highest BCUT2D eigenvalue weighted by Crippen LogP contribution is 2.11. The molecule has 0 aromatic carbocycles. The van der Waals surface area contributed by atoms with E-state index in [1.54, 1.807) is 7.11 Å². The molecule has 1 amide bonds. The molecule has 13 heavy (non-hydrogen) atoms. The highest BCUT2D eigenvalue weighted by atomic mass is 16.5. The summed E-state index contributed by atoms with van der Waals surface area (Å²) in [6.07, 6.45) is 0.836. The van der Waals surface area contributed by atoms with E-state index >= 15 is 0 Å². The van der Waals surface area contributed by atoms with E-state index in [1.165, 1.54) is 0 Å². The summed E-state index contributed by atoms with van der Waals surface area (Å²) >= 11 is 0. The zero-order valence-electron chi connectivity index (χ0n) is 8.72. The smallest absolute Gasteiger partial charge is 0.226 e. The molecule has 4 heteroatoms. The molecule has 0 bridgehead atoms. The number of hydrogen-bond acceptors (Lipinski definition) is 3. The lowest BCUT2D eigenvalue weighted by Gasteiger charge is -2.21. The van der Waals surface area contributed by atoms with Crippen LogP contribution >= 0.6 is 0 Å². The number of amides is 1. The van der Waals surface area contributed by atoms with Crippen molar-refractivity contribution >= 4 is 5.91 Å². The number of hydrogen-bond donors (Lipinski definition) is 2. The van der Waals surface area contributed by atoms with Gasteiger partial charge in [0.15, 0.2) is 0 Å². The highest BCUT2D eigenvalue weighted by molar-refractivity contribution is 5.81. The van der Waals surface area contributed by atoms with Crippen LogP contribution in [0.1, 0.15) is 20.3 Å². The van der Waals surface area contributed by atoms with Crippen molar-refractivity contribution in [3.05, 3.63) is 0 Å². The van der Waals surface area contributed by atoms with Gasteiger partial charge in [0.2, 0.25) is 5.91 Å². The molecule has 0 aromatic rings. The van der Waals surface area contributed by atoms with Crippen molar-refractivity contribution in [2.75, 3.05) is 26.8 Å². The van der Waals surface area contributed by atoms with Crippen LogP contribution in [0, 0.1) is 5.41 Å². The third-order valence-electron chi connectivity index (χ3n) is 1.94. The Bertz CT molecular complexity index is 158. The molecule has 0 aromatic heterocycles. The van der Waals surface area contributed by atoms with Crippen molar-refractivity contribution in [3.63, 3.8) is 0 Å². The fourth-order valence-corrected chi connectivity index (χ4v) is 0.750. The highest BCUT2D eigenvalue weighted by Gasteiger charge is 2.24. The van der Waals surface area contributed by atoms with Crippen molar-refractivity contribution in [1.82, 2.24) is 5.32 Å². The van der Waals surface area contributed by atoms with Crippen molar-refractivity contribution < 1.29 is 9.53 Å². The van der Waals surface area contributed by atoms with Gasteiger partial charge in [-0.2, -0.15) is 0 Å². The van der Waals surface area contributed by atoms with Gasteiger partial charge in [-0.05, 0) is 20.3 Å². The number of methoxy groups -OCH3 is 1.